The van der Waals surface area contributed by atoms with Crippen molar-refractivity contribution in [3.63, 3.8) is 0 Å². The van der Waals surface area contributed by atoms with Crippen molar-refractivity contribution < 1.29 is 20.6 Å². The van der Waals surface area contributed by atoms with Gasteiger partial charge in [0, 0.05) is 16.7 Å². The van der Waals surface area contributed by atoms with Gasteiger partial charge in [-0.3, -0.25) is 0 Å². The van der Waals surface area contributed by atoms with E-state index in [0.717, 1.165) is 22.3 Å². The number of benzene rings is 9. The topological polar surface area (TPSA) is 38.7 Å². The number of hydrogen-bond acceptors (Lipinski definition) is 3. The molecule has 10 rings (SSSR count). The molecule has 9 aromatic carbocycles. The molecule has 0 amide bonds. The van der Waals surface area contributed by atoms with Crippen molar-refractivity contribution in [2.24, 2.45) is 0 Å². The van der Waals surface area contributed by atoms with Crippen molar-refractivity contribution in [2.45, 2.75) is 0 Å². The molecule has 0 N–H and O–H groups in total. The molecular formula is C51H33N3. The maximum atomic E-state index is 9.65. The Kier molecular flexibility index (Phi) is 4.85. The SMILES string of the molecule is [2H]c1c([2H])c(-c2c([2H])c([2H])c3c4c([2H])c([2H])c([2H])c([2H])c4c4c([2H])c([2H])c([2H])c([2H])c4c3c2[2H])c([2H])c([2H])c1-c1nc(-c2ccccc2)nc(-c2cccc(-c3ccccc3-c3ccccc3)c2)n1. The Hall–Kier alpha value is -7.23. The fraction of sp³-hybridized carbons (Fsp3) is 0. The molecule has 3 heteroatoms. The lowest BCUT2D eigenvalue weighted by Crippen LogP contribution is -2.00. The summed E-state index contributed by atoms with van der Waals surface area (Å²) >= 11 is 0. The van der Waals surface area contributed by atoms with E-state index < -0.39 is 107 Å². The molecule has 0 saturated carbocycles. The van der Waals surface area contributed by atoms with Crippen molar-refractivity contribution in [2.75, 3.05) is 0 Å². The summed E-state index contributed by atoms with van der Waals surface area (Å²) in [6.45, 7) is 0. The predicted molar refractivity (Wildman–Crippen MR) is 225 cm³/mol. The molecule has 10 aromatic rings. The summed E-state index contributed by atoms with van der Waals surface area (Å²) in [6, 6.07) is 23.8. The van der Waals surface area contributed by atoms with Crippen LogP contribution in [0.2, 0.25) is 0 Å². The summed E-state index contributed by atoms with van der Waals surface area (Å²) in [7, 11) is 0. The van der Waals surface area contributed by atoms with Crippen LogP contribution < -0.4 is 0 Å². The standard InChI is InChI=1S/C51H33N3/c1-3-14-35(15-4-1)41-20-7-8-21-42(41)39-18-13-19-40(32-39)51-53-49(36-16-5-2-6-17-36)52-50(54-51)37-28-26-34(27-29-37)38-30-31-47-45-24-10-9-22-43(45)44-23-11-12-25-46(44)48(47)33-38/h1-33H/i9D,10D,11D,12D,22D,23D,24D,25D,26D,27D,28D,29D,30D,31D,33D. The first-order valence-electron chi connectivity index (χ1n) is 24.6. The van der Waals surface area contributed by atoms with Crippen molar-refractivity contribution >= 4 is 32.3 Å². The zero-order valence-electron chi connectivity index (χ0n) is 43.2. The van der Waals surface area contributed by atoms with Gasteiger partial charge in [0.05, 0.1) is 20.6 Å². The zero-order valence-corrected chi connectivity index (χ0v) is 28.2. The lowest BCUT2D eigenvalue weighted by Gasteiger charge is -2.13. The highest BCUT2D eigenvalue weighted by molar-refractivity contribution is 6.25. The monoisotopic (exact) mass is 702 g/mol. The number of hydrogen-bond donors (Lipinski definition) is 0. The minimum atomic E-state index is -0.780. The maximum absolute atomic E-state index is 9.65. The Labute approximate surface area is 335 Å². The highest BCUT2D eigenvalue weighted by Crippen LogP contribution is 2.38. The third-order valence-corrected chi connectivity index (χ3v) is 9.15. The van der Waals surface area contributed by atoms with Gasteiger partial charge in [0.1, 0.15) is 0 Å². The third-order valence-electron chi connectivity index (χ3n) is 9.15. The molecule has 1 heterocycles. The molecule has 0 spiro atoms. The second-order valence-electron chi connectivity index (χ2n) is 12.4. The van der Waals surface area contributed by atoms with Gasteiger partial charge in [-0.15, -0.1) is 0 Å². The van der Waals surface area contributed by atoms with Crippen LogP contribution in [0, 0.1) is 0 Å². The second-order valence-corrected chi connectivity index (χ2v) is 12.4. The summed E-state index contributed by atoms with van der Waals surface area (Å²) < 4.78 is 136. The molecule has 0 aliphatic heterocycles. The van der Waals surface area contributed by atoms with Gasteiger partial charge in [0.15, 0.2) is 17.5 Å². The Bertz CT molecular complexity index is 3780. The summed E-state index contributed by atoms with van der Waals surface area (Å²) in [5, 5.41) is -2.19. The largest absolute Gasteiger partial charge is 0.208 e. The van der Waals surface area contributed by atoms with Gasteiger partial charge < -0.3 is 0 Å². The van der Waals surface area contributed by atoms with Crippen molar-refractivity contribution in [1.82, 2.24) is 15.0 Å². The Balaban J connectivity index is 1.23. The van der Waals surface area contributed by atoms with Gasteiger partial charge in [-0.1, -0.05) is 188 Å². The van der Waals surface area contributed by atoms with E-state index in [1.807, 2.05) is 84.9 Å². The molecule has 0 radical (unpaired) electrons. The number of rotatable bonds is 6. The van der Waals surface area contributed by atoms with Gasteiger partial charge in [-0.25, -0.2) is 15.0 Å². The highest BCUT2D eigenvalue weighted by Gasteiger charge is 2.15. The molecular weight excluding hydrogens is 655 g/mol. The molecule has 54 heavy (non-hydrogen) atoms. The van der Waals surface area contributed by atoms with E-state index >= 15 is 0 Å². The third kappa shape index (κ3) is 5.69. The average molecular weight is 703 g/mol. The van der Waals surface area contributed by atoms with Gasteiger partial charge in [0.25, 0.3) is 0 Å². The van der Waals surface area contributed by atoms with Gasteiger partial charge in [-0.05, 0) is 77.8 Å². The summed E-state index contributed by atoms with van der Waals surface area (Å²) in [5.74, 6) is 0.122. The predicted octanol–water partition coefficient (Wildman–Crippen LogP) is 13.3. The first-order valence-corrected chi connectivity index (χ1v) is 17.1. The van der Waals surface area contributed by atoms with Crippen molar-refractivity contribution in [3.8, 4) is 67.5 Å². The van der Waals surface area contributed by atoms with Crippen LogP contribution in [0.4, 0.5) is 0 Å². The van der Waals surface area contributed by atoms with Crippen molar-refractivity contribution in [3.05, 3.63) is 200 Å². The molecule has 252 valence electrons. The van der Waals surface area contributed by atoms with Crippen molar-refractivity contribution in [1.29, 1.82) is 0 Å². The smallest absolute Gasteiger partial charge is 0.164 e. The second kappa shape index (κ2) is 13.4. The quantitative estimate of drug-likeness (QED) is 0.162. The lowest BCUT2D eigenvalue weighted by atomic mass is 9.92. The molecule has 0 aliphatic carbocycles. The fourth-order valence-electron chi connectivity index (χ4n) is 6.59. The molecule has 0 atom stereocenters. The molecule has 0 saturated heterocycles. The van der Waals surface area contributed by atoms with Crippen LogP contribution in [0.15, 0.2) is 200 Å². The number of fused-ring (bicyclic) bond motifs is 6. The summed E-state index contributed by atoms with van der Waals surface area (Å²) in [4.78, 5) is 14.3. The minimum Gasteiger partial charge on any atom is -0.208 e. The Morgan fingerprint density at radius 3 is 1.35 bits per heavy atom. The molecule has 0 bridgehead atoms. The van der Waals surface area contributed by atoms with Crippen LogP contribution in [0.1, 0.15) is 20.6 Å². The first-order chi connectivity index (χ1) is 33.0. The van der Waals surface area contributed by atoms with E-state index in [2.05, 4.69) is 4.98 Å². The number of aromatic nitrogens is 3. The molecule has 0 unspecified atom stereocenters. The van der Waals surface area contributed by atoms with E-state index in [9.17, 15) is 9.60 Å². The van der Waals surface area contributed by atoms with Crippen LogP contribution >= 0.6 is 0 Å². The summed E-state index contributed by atoms with van der Waals surface area (Å²) in [5.41, 5.74) is 3.47. The molecule has 1 aromatic heterocycles. The highest BCUT2D eigenvalue weighted by atomic mass is 15.0. The van der Waals surface area contributed by atoms with Gasteiger partial charge >= 0.3 is 0 Å². The van der Waals surface area contributed by atoms with E-state index in [0.29, 0.717) is 11.1 Å². The fourth-order valence-corrected chi connectivity index (χ4v) is 6.59. The summed E-state index contributed by atoms with van der Waals surface area (Å²) in [6.07, 6.45) is 0. The van der Waals surface area contributed by atoms with Crippen LogP contribution in [0.3, 0.4) is 0 Å². The normalized spacial score (nSPS) is 15.2. The van der Waals surface area contributed by atoms with E-state index in [-0.39, 0.29) is 50.0 Å². The van der Waals surface area contributed by atoms with Gasteiger partial charge in [0.2, 0.25) is 0 Å². The zero-order chi connectivity index (χ0) is 48.9. The van der Waals surface area contributed by atoms with Crippen LogP contribution in [0.5, 0.6) is 0 Å². The van der Waals surface area contributed by atoms with E-state index in [4.69, 9.17) is 20.9 Å². The molecule has 3 nitrogen and oxygen atoms in total. The average Bonchev–Trinajstić information content (AvgIpc) is 3.37. The number of nitrogens with zero attached hydrogens (tertiary/aromatic N) is 3. The Morgan fingerprint density at radius 2 is 0.722 bits per heavy atom. The molecule has 0 fully saturated rings. The molecule has 0 aliphatic rings. The van der Waals surface area contributed by atoms with E-state index in [1.165, 1.54) is 0 Å². The Morgan fingerprint density at radius 1 is 0.296 bits per heavy atom. The lowest BCUT2D eigenvalue weighted by molar-refractivity contribution is 1.07. The van der Waals surface area contributed by atoms with Crippen LogP contribution in [-0.2, 0) is 0 Å². The van der Waals surface area contributed by atoms with Crippen LogP contribution in [0.25, 0.3) is 99.9 Å². The van der Waals surface area contributed by atoms with Crippen LogP contribution in [-0.4, -0.2) is 15.0 Å². The first kappa shape index (κ1) is 19.6. The van der Waals surface area contributed by atoms with Gasteiger partial charge in [-0.2, -0.15) is 0 Å². The van der Waals surface area contributed by atoms with E-state index in [1.54, 1.807) is 24.3 Å². The maximum Gasteiger partial charge on any atom is 0.164 e. The minimum absolute atomic E-state index is 0.163.